The van der Waals surface area contributed by atoms with Crippen molar-refractivity contribution in [1.82, 2.24) is 9.97 Å². The lowest BCUT2D eigenvalue weighted by Crippen LogP contribution is -2.16. The van der Waals surface area contributed by atoms with Gasteiger partial charge in [0.1, 0.15) is 5.15 Å². The van der Waals surface area contributed by atoms with Gasteiger partial charge in [0.25, 0.3) is 5.91 Å². The summed E-state index contributed by atoms with van der Waals surface area (Å²) in [7, 11) is 2.95. The molecule has 0 fully saturated rings. The third-order valence-electron chi connectivity index (χ3n) is 2.65. The lowest BCUT2D eigenvalue weighted by Gasteiger charge is -2.12. The molecule has 2 rings (SSSR count). The summed E-state index contributed by atoms with van der Waals surface area (Å²) in [4.78, 5) is 20.0. The molecule has 1 heterocycles. The van der Waals surface area contributed by atoms with Crippen molar-refractivity contribution in [2.45, 2.75) is 0 Å². The molecule has 1 amide bonds. The number of ether oxygens (including phenoxy) is 2. The summed E-state index contributed by atoms with van der Waals surface area (Å²) < 4.78 is 10.2. The van der Waals surface area contributed by atoms with Crippen molar-refractivity contribution >= 4 is 29.1 Å². The zero-order valence-electron chi connectivity index (χ0n) is 11.4. The number of methoxy groups -OCH3 is 2. The standard InChI is InChI=1S/C13H13ClN4O3/c1-20-9-5-7(8(15)6-10(9)21-2)12(19)18-13-16-4-3-11(14)17-13/h3-6H,15H2,1-2H3,(H,16,17,18,19). The first-order valence-electron chi connectivity index (χ1n) is 5.86. The molecule has 0 radical (unpaired) electrons. The summed E-state index contributed by atoms with van der Waals surface area (Å²) in [5, 5.41) is 2.73. The van der Waals surface area contributed by atoms with E-state index in [0.29, 0.717) is 11.5 Å². The predicted molar refractivity (Wildman–Crippen MR) is 79.0 cm³/mol. The lowest BCUT2D eigenvalue weighted by molar-refractivity contribution is 0.102. The van der Waals surface area contributed by atoms with Crippen LogP contribution >= 0.6 is 11.6 Å². The number of nitrogens with zero attached hydrogens (tertiary/aromatic N) is 2. The number of benzene rings is 1. The largest absolute Gasteiger partial charge is 0.493 e. The van der Waals surface area contributed by atoms with Crippen LogP contribution in [0.15, 0.2) is 24.4 Å². The van der Waals surface area contributed by atoms with E-state index in [1.165, 1.54) is 38.6 Å². The van der Waals surface area contributed by atoms with E-state index in [1.807, 2.05) is 0 Å². The Balaban J connectivity index is 2.31. The van der Waals surface area contributed by atoms with Crippen molar-refractivity contribution in [3.05, 3.63) is 35.1 Å². The molecule has 21 heavy (non-hydrogen) atoms. The molecule has 8 heteroatoms. The molecule has 0 unspecified atom stereocenters. The molecule has 0 aliphatic heterocycles. The van der Waals surface area contributed by atoms with E-state index in [1.54, 1.807) is 0 Å². The van der Waals surface area contributed by atoms with E-state index in [0.717, 1.165) is 0 Å². The molecule has 0 saturated heterocycles. The first-order chi connectivity index (χ1) is 10.0. The number of nitrogens with two attached hydrogens (primary N) is 1. The Labute approximate surface area is 126 Å². The van der Waals surface area contributed by atoms with Gasteiger partial charge in [-0.1, -0.05) is 11.6 Å². The minimum absolute atomic E-state index is 0.0849. The molecule has 0 atom stereocenters. The van der Waals surface area contributed by atoms with Crippen LogP contribution in [0.3, 0.4) is 0 Å². The molecule has 0 spiro atoms. The van der Waals surface area contributed by atoms with Gasteiger partial charge < -0.3 is 15.2 Å². The average molecular weight is 309 g/mol. The third kappa shape index (κ3) is 3.32. The Hall–Kier alpha value is -2.54. The lowest BCUT2D eigenvalue weighted by atomic mass is 10.1. The molecule has 1 aromatic carbocycles. The summed E-state index contributed by atoms with van der Waals surface area (Å²) in [5.41, 5.74) is 6.30. The minimum atomic E-state index is -0.476. The summed E-state index contributed by atoms with van der Waals surface area (Å²) >= 11 is 5.73. The van der Waals surface area contributed by atoms with Gasteiger partial charge in [-0.05, 0) is 12.1 Å². The summed E-state index contributed by atoms with van der Waals surface area (Å²) in [6, 6.07) is 4.49. The van der Waals surface area contributed by atoms with Gasteiger partial charge in [-0.2, -0.15) is 0 Å². The molecule has 2 aromatic rings. The Morgan fingerprint density at radius 1 is 1.29 bits per heavy atom. The first kappa shape index (κ1) is 14.9. The highest BCUT2D eigenvalue weighted by atomic mass is 35.5. The Morgan fingerprint density at radius 3 is 2.57 bits per heavy atom. The van der Waals surface area contributed by atoms with E-state index in [-0.39, 0.29) is 22.4 Å². The van der Waals surface area contributed by atoms with Crippen molar-refractivity contribution in [3.8, 4) is 11.5 Å². The van der Waals surface area contributed by atoms with Crippen LogP contribution in [0.2, 0.25) is 5.15 Å². The molecule has 110 valence electrons. The molecular weight excluding hydrogens is 296 g/mol. The fourth-order valence-electron chi connectivity index (χ4n) is 1.66. The number of aromatic nitrogens is 2. The van der Waals surface area contributed by atoms with Crippen LogP contribution in [0.4, 0.5) is 11.6 Å². The van der Waals surface area contributed by atoms with Crippen LogP contribution in [0.25, 0.3) is 0 Å². The maximum absolute atomic E-state index is 12.2. The molecule has 3 N–H and O–H groups in total. The Morgan fingerprint density at radius 2 is 1.95 bits per heavy atom. The Kier molecular flexibility index (Phi) is 4.44. The normalized spacial score (nSPS) is 10.0. The number of anilines is 2. The fourth-order valence-corrected chi connectivity index (χ4v) is 1.79. The highest BCUT2D eigenvalue weighted by molar-refractivity contribution is 6.29. The molecule has 7 nitrogen and oxygen atoms in total. The van der Waals surface area contributed by atoms with Crippen molar-refractivity contribution in [3.63, 3.8) is 0 Å². The highest BCUT2D eigenvalue weighted by Crippen LogP contribution is 2.32. The molecule has 0 saturated carbocycles. The fraction of sp³-hybridized carbons (Fsp3) is 0.154. The highest BCUT2D eigenvalue weighted by Gasteiger charge is 2.16. The zero-order chi connectivity index (χ0) is 15.4. The van der Waals surface area contributed by atoms with E-state index >= 15 is 0 Å². The monoisotopic (exact) mass is 308 g/mol. The van der Waals surface area contributed by atoms with Gasteiger partial charge >= 0.3 is 0 Å². The second-order valence-electron chi connectivity index (χ2n) is 3.95. The first-order valence-corrected chi connectivity index (χ1v) is 6.24. The van der Waals surface area contributed by atoms with Crippen molar-refractivity contribution in [2.24, 2.45) is 0 Å². The van der Waals surface area contributed by atoms with Crippen molar-refractivity contribution in [2.75, 3.05) is 25.3 Å². The van der Waals surface area contributed by atoms with Crippen LogP contribution in [-0.2, 0) is 0 Å². The van der Waals surface area contributed by atoms with Gasteiger partial charge in [-0.3, -0.25) is 10.1 Å². The molecular formula is C13H13ClN4O3. The number of nitrogen functional groups attached to an aromatic ring is 1. The van der Waals surface area contributed by atoms with E-state index < -0.39 is 5.91 Å². The quantitative estimate of drug-likeness (QED) is 0.662. The molecule has 0 bridgehead atoms. The number of carbonyl (C=O) groups is 1. The smallest absolute Gasteiger partial charge is 0.260 e. The summed E-state index contributed by atoms with van der Waals surface area (Å²) in [6.07, 6.45) is 1.43. The van der Waals surface area contributed by atoms with Gasteiger partial charge in [0.05, 0.1) is 19.8 Å². The SMILES string of the molecule is COc1cc(N)c(C(=O)Nc2nccc(Cl)n2)cc1OC. The predicted octanol–water partition coefficient (Wildman–Crippen LogP) is 1.98. The molecule has 0 aliphatic carbocycles. The number of hydrogen-bond donors (Lipinski definition) is 2. The number of carbonyl (C=O) groups excluding carboxylic acids is 1. The number of rotatable bonds is 4. The summed E-state index contributed by atoms with van der Waals surface area (Å²) in [6.45, 7) is 0. The van der Waals surface area contributed by atoms with Gasteiger partial charge in [-0.15, -0.1) is 0 Å². The minimum Gasteiger partial charge on any atom is -0.493 e. The maximum Gasteiger partial charge on any atom is 0.260 e. The van der Waals surface area contributed by atoms with E-state index in [9.17, 15) is 4.79 Å². The summed E-state index contributed by atoms with van der Waals surface area (Å²) in [5.74, 6) is 0.437. The van der Waals surface area contributed by atoms with Crippen molar-refractivity contribution in [1.29, 1.82) is 0 Å². The number of hydrogen-bond acceptors (Lipinski definition) is 6. The van der Waals surface area contributed by atoms with Crippen LogP contribution in [0.5, 0.6) is 11.5 Å². The van der Waals surface area contributed by atoms with Crippen LogP contribution < -0.4 is 20.5 Å². The van der Waals surface area contributed by atoms with Crippen molar-refractivity contribution < 1.29 is 14.3 Å². The zero-order valence-corrected chi connectivity index (χ0v) is 12.1. The van der Waals surface area contributed by atoms with Crippen LogP contribution in [0, 0.1) is 0 Å². The van der Waals surface area contributed by atoms with Gasteiger partial charge in [-0.25, -0.2) is 9.97 Å². The van der Waals surface area contributed by atoms with Gasteiger partial charge in [0.15, 0.2) is 11.5 Å². The second-order valence-corrected chi connectivity index (χ2v) is 4.34. The third-order valence-corrected chi connectivity index (χ3v) is 2.86. The number of nitrogens with one attached hydrogen (secondary N) is 1. The van der Waals surface area contributed by atoms with E-state index in [2.05, 4.69) is 15.3 Å². The van der Waals surface area contributed by atoms with Gasteiger partial charge in [0.2, 0.25) is 5.95 Å². The molecule has 1 aromatic heterocycles. The van der Waals surface area contributed by atoms with Gasteiger partial charge in [0, 0.05) is 18.0 Å². The average Bonchev–Trinajstić information content (AvgIpc) is 2.46. The van der Waals surface area contributed by atoms with E-state index in [4.69, 9.17) is 26.8 Å². The Bertz CT molecular complexity index is 678. The number of amides is 1. The number of halogens is 1. The topological polar surface area (TPSA) is 99.4 Å². The van der Waals surface area contributed by atoms with Crippen LogP contribution in [-0.4, -0.2) is 30.1 Å². The maximum atomic E-state index is 12.2. The van der Waals surface area contributed by atoms with Crippen LogP contribution in [0.1, 0.15) is 10.4 Å². The molecule has 0 aliphatic rings. The second kappa shape index (κ2) is 6.27.